The Kier molecular flexibility index (Phi) is 4.25. The zero-order valence-electron chi connectivity index (χ0n) is 10.6. The average molecular weight is 263 g/mol. The maximum absolute atomic E-state index is 5.63. The molecule has 1 aromatic heterocycles. The third kappa shape index (κ3) is 3.77. The van der Waals surface area contributed by atoms with Gasteiger partial charge >= 0.3 is 0 Å². The van der Waals surface area contributed by atoms with E-state index in [1.807, 2.05) is 24.3 Å². The van der Waals surface area contributed by atoms with Crippen LogP contribution < -0.4 is 5.73 Å². The molecule has 2 aromatic rings. The average Bonchev–Trinajstić information content (AvgIpc) is 2.75. The van der Waals surface area contributed by atoms with Crippen molar-refractivity contribution in [2.45, 2.75) is 30.9 Å². The molecule has 0 aliphatic rings. The second kappa shape index (κ2) is 5.91. The second-order valence-corrected chi connectivity index (χ2v) is 5.61. The highest BCUT2D eigenvalue weighted by Gasteiger charge is 2.08. The highest BCUT2D eigenvalue weighted by Crippen LogP contribution is 2.22. The SMILES string of the molecule is CC(C)Cc1nc(CSc2ccc(N)cc2)no1. The van der Waals surface area contributed by atoms with Crippen LogP contribution in [0.1, 0.15) is 25.6 Å². The summed E-state index contributed by atoms with van der Waals surface area (Å²) in [6.45, 7) is 4.26. The van der Waals surface area contributed by atoms with Crippen LogP contribution in [-0.4, -0.2) is 10.1 Å². The van der Waals surface area contributed by atoms with E-state index in [0.29, 0.717) is 11.7 Å². The van der Waals surface area contributed by atoms with Gasteiger partial charge in [0.05, 0.1) is 5.75 Å². The van der Waals surface area contributed by atoms with Gasteiger partial charge in [0, 0.05) is 17.0 Å². The highest BCUT2D eigenvalue weighted by molar-refractivity contribution is 7.98. The van der Waals surface area contributed by atoms with Gasteiger partial charge in [0.25, 0.3) is 0 Å². The van der Waals surface area contributed by atoms with E-state index in [0.717, 1.165) is 28.7 Å². The lowest BCUT2D eigenvalue weighted by atomic mass is 10.1. The minimum atomic E-state index is 0.531. The molecule has 0 saturated carbocycles. The van der Waals surface area contributed by atoms with Crippen LogP contribution in [0.4, 0.5) is 5.69 Å². The number of hydrogen-bond donors (Lipinski definition) is 1. The molecule has 0 aliphatic heterocycles. The molecule has 0 saturated heterocycles. The van der Waals surface area contributed by atoms with E-state index < -0.39 is 0 Å². The van der Waals surface area contributed by atoms with Gasteiger partial charge in [0.15, 0.2) is 5.82 Å². The van der Waals surface area contributed by atoms with E-state index in [9.17, 15) is 0 Å². The quantitative estimate of drug-likeness (QED) is 0.663. The van der Waals surface area contributed by atoms with E-state index in [1.54, 1.807) is 11.8 Å². The fraction of sp³-hybridized carbons (Fsp3) is 0.385. The van der Waals surface area contributed by atoms with Crippen LogP contribution in [0.3, 0.4) is 0 Å². The second-order valence-electron chi connectivity index (χ2n) is 4.56. The molecule has 2 N–H and O–H groups in total. The summed E-state index contributed by atoms with van der Waals surface area (Å²) >= 11 is 1.67. The van der Waals surface area contributed by atoms with Gasteiger partial charge in [0.2, 0.25) is 5.89 Å². The Morgan fingerprint density at radius 3 is 2.67 bits per heavy atom. The summed E-state index contributed by atoms with van der Waals surface area (Å²) in [6, 6.07) is 7.77. The molecular formula is C13H17N3OS. The van der Waals surface area contributed by atoms with Crippen LogP contribution in [0, 0.1) is 5.92 Å². The predicted molar refractivity (Wildman–Crippen MR) is 73.3 cm³/mol. The summed E-state index contributed by atoms with van der Waals surface area (Å²) in [5.74, 6) is 2.71. The Morgan fingerprint density at radius 2 is 2.00 bits per heavy atom. The lowest BCUT2D eigenvalue weighted by Crippen LogP contribution is -1.94. The van der Waals surface area contributed by atoms with Gasteiger partial charge in [-0.3, -0.25) is 0 Å². The normalized spacial score (nSPS) is 11.1. The Labute approximate surface area is 111 Å². The molecule has 1 heterocycles. The van der Waals surface area contributed by atoms with Crippen molar-refractivity contribution in [1.29, 1.82) is 0 Å². The molecule has 0 bridgehead atoms. The number of anilines is 1. The van der Waals surface area contributed by atoms with Gasteiger partial charge in [-0.2, -0.15) is 4.98 Å². The smallest absolute Gasteiger partial charge is 0.226 e. The molecule has 2 rings (SSSR count). The molecule has 0 spiro atoms. The van der Waals surface area contributed by atoms with Gasteiger partial charge in [-0.1, -0.05) is 19.0 Å². The zero-order chi connectivity index (χ0) is 13.0. The fourth-order valence-corrected chi connectivity index (χ4v) is 2.23. The van der Waals surface area contributed by atoms with Gasteiger partial charge in [0.1, 0.15) is 0 Å². The first-order valence-electron chi connectivity index (χ1n) is 5.93. The number of nitrogens with zero attached hydrogens (tertiary/aromatic N) is 2. The van der Waals surface area contributed by atoms with E-state index in [-0.39, 0.29) is 0 Å². The summed E-state index contributed by atoms with van der Waals surface area (Å²) in [6.07, 6.45) is 0.833. The van der Waals surface area contributed by atoms with Crippen molar-refractivity contribution in [2.24, 2.45) is 5.92 Å². The number of nitrogen functional groups attached to an aromatic ring is 1. The first kappa shape index (κ1) is 13.0. The monoisotopic (exact) mass is 263 g/mol. The van der Waals surface area contributed by atoms with Crippen LogP contribution in [0.25, 0.3) is 0 Å². The third-order valence-electron chi connectivity index (χ3n) is 2.34. The highest BCUT2D eigenvalue weighted by atomic mass is 32.2. The molecule has 0 atom stereocenters. The van der Waals surface area contributed by atoms with E-state index in [1.165, 1.54) is 0 Å². The number of rotatable bonds is 5. The third-order valence-corrected chi connectivity index (χ3v) is 3.35. The van der Waals surface area contributed by atoms with Crippen LogP contribution in [-0.2, 0) is 12.2 Å². The van der Waals surface area contributed by atoms with Crippen molar-refractivity contribution in [1.82, 2.24) is 10.1 Å². The van der Waals surface area contributed by atoms with Crippen molar-refractivity contribution in [3.8, 4) is 0 Å². The first-order valence-corrected chi connectivity index (χ1v) is 6.92. The van der Waals surface area contributed by atoms with Crippen molar-refractivity contribution < 1.29 is 4.52 Å². The van der Waals surface area contributed by atoms with Gasteiger partial charge in [-0.25, -0.2) is 0 Å². The number of benzene rings is 1. The summed E-state index contributed by atoms with van der Waals surface area (Å²) < 4.78 is 5.19. The van der Waals surface area contributed by atoms with Crippen LogP contribution in [0.5, 0.6) is 0 Å². The molecular weight excluding hydrogens is 246 g/mol. The van der Waals surface area contributed by atoms with E-state index in [2.05, 4.69) is 24.0 Å². The summed E-state index contributed by atoms with van der Waals surface area (Å²) in [7, 11) is 0. The van der Waals surface area contributed by atoms with Crippen molar-refractivity contribution >= 4 is 17.4 Å². The zero-order valence-corrected chi connectivity index (χ0v) is 11.4. The molecule has 5 heteroatoms. The molecule has 0 fully saturated rings. The molecule has 1 aromatic carbocycles. The number of nitrogens with two attached hydrogens (primary N) is 1. The van der Waals surface area contributed by atoms with Gasteiger partial charge in [-0.15, -0.1) is 11.8 Å². The maximum Gasteiger partial charge on any atom is 0.226 e. The number of hydrogen-bond acceptors (Lipinski definition) is 5. The minimum absolute atomic E-state index is 0.531. The lowest BCUT2D eigenvalue weighted by molar-refractivity contribution is 0.360. The first-order chi connectivity index (χ1) is 8.63. The van der Waals surface area contributed by atoms with Crippen LogP contribution in [0.15, 0.2) is 33.7 Å². The standard InChI is InChI=1S/C13H17N3OS/c1-9(2)7-13-15-12(16-17-13)8-18-11-5-3-10(14)4-6-11/h3-6,9H,7-8,14H2,1-2H3. The largest absolute Gasteiger partial charge is 0.399 e. The number of aromatic nitrogens is 2. The van der Waals surface area contributed by atoms with Gasteiger partial charge in [-0.05, 0) is 30.2 Å². The molecule has 0 unspecified atom stereocenters. The van der Waals surface area contributed by atoms with Crippen LogP contribution in [0.2, 0.25) is 0 Å². The summed E-state index contributed by atoms with van der Waals surface area (Å²) in [4.78, 5) is 5.51. The van der Waals surface area contributed by atoms with Crippen molar-refractivity contribution in [3.63, 3.8) is 0 Å². The number of thioether (sulfide) groups is 1. The van der Waals surface area contributed by atoms with Crippen molar-refractivity contribution in [2.75, 3.05) is 5.73 Å². The Bertz CT molecular complexity index is 493. The van der Waals surface area contributed by atoms with Gasteiger partial charge < -0.3 is 10.3 Å². The van der Waals surface area contributed by atoms with Crippen molar-refractivity contribution in [3.05, 3.63) is 36.0 Å². The predicted octanol–water partition coefficient (Wildman–Crippen LogP) is 3.14. The summed E-state index contributed by atoms with van der Waals surface area (Å²) in [5, 5.41) is 3.97. The molecule has 18 heavy (non-hydrogen) atoms. The Balaban J connectivity index is 1.90. The Morgan fingerprint density at radius 1 is 1.28 bits per heavy atom. The maximum atomic E-state index is 5.63. The van der Waals surface area contributed by atoms with E-state index >= 15 is 0 Å². The fourth-order valence-electron chi connectivity index (χ4n) is 1.49. The molecule has 96 valence electrons. The Hall–Kier alpha value is -1.49. The summed E-state index contributed by atoms with van der Waals surface area (Å²) in [5.41, 5.74) is 6.41. The molecule has 0 radical (unpaired) electrons. The minimum Gasteiger partial charge on any atom is -0.399 e. The lowest BCUT2D eigenvalue weighted by Gasteiger charge is -1.98. The van der Waals surface area contributed by atoms with Crippen LogP contribution >= 0.6 is 11.8 Å². The molecule has 4 nitrogen and oxygen atoms in total. The topological polar surface area (TPSA) is 64.9 Å². The van der Waals surface area contributed by atoms with E-state index in [4.69, 9.17) is 10.3 Å². The molecule has 0 amide bonds. The molecule has 0 aliphatic carbocycles.